The van der Waals surface area contributed by atoms with Crippen molar-refractivity contribution in [3.05, 3.63) is 107 Å². The van der Waals surface area contributed by atoms with Gasteiger partial charge in [-0.2, -0.15) is 5.10 Å². The lowest BCUT2D eigenvalue weighted by atomic mass is 9.61. The second-order valence-corrected chi connectivity index (χ2v) is 9.77. The van der Waals surface area contributed by atoms with Gasteiger partial charge in [-0.05, 0) is 61.6 Å². The normalized spacial score (nSPS) is 23.1. The van der Waals surface area contributed by atoms with Crippen molar-refractivity contribution in [1.82, 2.24) is 9.78 Å². The summed E-state index contributed by atoms with van der Waals surface area (Å²) in [6.45, 7) is 2.56. The molecule has 0 saturated heterocycles. The zero-order valence-electron chi connectivity index (χ0n) is 20.0. The molecular formula is C30H30N2O3. The van der Waals surface area contributed by atoms with E-state index >= 15 is 0 Å². The lowest BCUT2D eigenvalue weighted by Gasteiger charge is -2.52. The molecule has 3 aromatic carbocycles. The van der Waals surface area contributed by atoms with Crippen LogP contribution in [0.15, 0.2) is 84.9 Å². The summed E-state index contributed by atoms with van der Waals surface area (Å²) in [5.41, 5.74) is 4.65. The van der Waals surface area contributed by atoms with Crippen molar-refractivity contribution in [2.45, 2.75) is 56.8 Å². The highest BCUT2D eigenvalue weighted by Gasteiger charge is 2.59. The molecule has 2 atom stereocenters. The van der Waals surface area contributed by atoms with Gasteiger partial charge in [-0.1, -0.05) is 67.1 Å². The Balaban J connectivity index is 1.34. The van der Waals surface area contributed by atoms with E-state index in [4.69, 9.17) is 14.6 Å². The first-order valence-electron chi connectivity index (χ1n) is 12.4. The Kier molecular flexibility index (Phi) is 5.37. The number of benzene rings is 3. The highest BCUT2D eigenvalue weighted by molar-refractivity contribution is 5.47. The number of para-hydroxylation sites is 1. The maximum atomic E-state index is 12.0. The van der Waals surface area contributed by atoms with Gasteiger partial charge in [0.25, 0.3) is 0 Å². The molecule has 4 aromatic rings. The Hall–Kier alpha value is -3.57. The van der Waals surface area contributed by atoms with Crippen LogP contribution in [0.5, 0.6) is 11.6 Å². The molecule has 0 radical (unpaired) electrons. The molecule has 35 heavy (non-hydrogen) atoms. The number of aryl methyl sites for hydroxylation is 1. The molecule has 0 bridgehead atoms. The van der Waals surface area contributed by atoms with Crippen LogP contribution in [0.2, 0.25) is 0 Å². The molecule has 0 amide bonds. The number of aliphatic hydroxyl groups is 1. The minimum atomic E-state index is -1.29. The lowest BCUT2D eigenvalue weighted by molar-refractivity contribution is -0.222. The zero-order chi connectivity index (χ0) is 23.9. The monoisotopic (exact) mass is 466 g/mol. The summed E-state index contributed by atoms with van der Waals surface area (Å²) in [6, 6.07) is 28.4. The van der Waals surface area contributed by atoms with Gasteiger partial charge in [0.15, 0.2) is 0 Å². The zero-order valence-corrected chi connectivity index (χ0v) is 20.0. The molecule has 1 aliphatic carbocycles. The molecule has 178 valence electrons. The maximum absolute atomic E-state index is 12.0. The molecular weight excluding hydrogens is 436 g/mol. The van der Waals surface area contributed by atoms with Crippen LogP contribution in [-0.4, -0.2) is 20.7 Å². The molecule has 2 aliphatic rings. The number of hydrogen-bond acceptors (Lipinski definition) is 4. The topological polar surface area (TPSA) is 56.5 Å². The fourth-order valence-electron chi connectivity index (χ4n) is 5.74. The largest absolute Gasteiger partial charge is 0.489 e. The Morgan fingerprint density at radius 2 is 1.60 bits per heavy atom. The van der Waals surface area contributed by atoms with Crippen LogP contribution in [0.1, 0.15) is 48.1 Å². The van der Waals surface area contributed by atoms with Gasteiger partial charge in [0.1, 0.15) is 12.4 Å². The summed E-state index contributed by atoms with van der Waals surface area (Å²) >= 11 is 0. The number of ether oxygens (including phenoxy) is 2. The number of rotatable bonds is 5. The van der Waals surface area contributed by atoms with Crippen molar-refractivity contribution < 1.29 is 14.6 Å². The van der Waals surface area contributed by atoms with E-state index in [0.29, 0.717) is 25.3 Å². The number of fused-ring (bicyclic) bond motifs is 2. The summed E-state index contributed by atoms with van der Waals surface area (Å²) < 4.78 is 14.4. The summed E-state index contributed by atoms with van der Waals surface area (Å²) in [5.74, 6) is 0.194. The number of nitrogens with zero attached hydrogens (tertiary/aromatic N) is 2. The van der Waals surface area contributed by atoms with Crippen molar-refractivity contribution in [1.29, 1.82) is 0 Å². The van der Waals surface area contributed by atoms with Crippen LogP contribution in [0, 0.1) is 6.92 Å². The number of aromatic nitrogens is 2. The van der Waals surface area contributed by atoms with Crippen LogP contribution in [0.4, 0.5) is 0 Å². The Bertz CT molecular complexity index is 1320. The van der Waals surface area contributed by atoms with E-state index in [1.807, 2.05) is 72.3 Å². The SMILES string of the molecule is Cc1nn(-c2ccccc2)c2c1C[C@@]1(c3ccc(OCc4ccccc4)cc3)CCCC[C@]1(O)O2. The lowest BCUT2D eigenvalue weighted by Crippen LogP contribution is -2.61. The van der Waals surface area contributed by atoms with E-state index in [1.54, 1.807) is 0 Å². The quantitative estimate of drug-likeness (QED) is 0.398. The Morgan fingerprint density at radius 1 is 0.914 bits per heavy atom. The third kappa shape index (κ3) is 3.71. The summed E-state index contributed by atoms with van der Waals surface area (Å²) in [5, 5.41) is 16.9. The van der Waals surface area contributed by atoms with E-state index < -0.39 is 11.2 Å². The third-order valence-electron chi connectivity index (χ3n) is 7.65. The molecule has 1 N–H and O–H groups in total. The smallest absolute Gasteiger partial charge is 0.222 e. The van der Waals surface area contributed by atoms with E-state index in [-0.39, 0.29) is 0 Å². The van der Waals surface area contributed by atoms with Gasteiger partial charge >= 0.3 is 0 Å². The Morgan fingerprint density at radius 3 is 2.34 bits per heavy atom. The van der Waals surface area contributed by atoms with Crippen molar-refractivity contribution in [2.24, 2.45) is 0 Å². The average Bonchev–Trinajstić information content (AvgIpc) is 3.21. The maximum Gasteiger partial charge on any atom is 0.222 e. The highest BCUT2D eigenvalue weighted by Crippen LogP contribution is 2.54. The fraction of sp³-hybridized carbons (Fsp3) is 0.300. The molecule has 2 heterocycles. The molecule has 1 aromatic heterocycles. The highest BCUT2D eigenvalue weighted by atomic mass is 16.6. The molecule has 1 saturated carbocycles. The standard InChI is InChI=1S/C30H30N2O3/c1-22-27-20-29(24-14-16-26(17-15-24)34-21-23-10-4-2-5-11-23)18-8-9-19-30(29,33)35-28(27)32(31-22)25-12-6-3-7-13-25/h2-7,10-17,33H,8-9,18-21H2,1H3/t29-,30+/m1/s1. The van der Waals surface area contributed by atoms with Gasteiger partial charge in [0, 0.05) is 12.0 Å². The van der Waals surface area contributed by atoms with Gasteiger partial charge < -0.3 is 14.6 Å². The van der Waals surface area contributed by atoms with Crippen LogP contribution in [0.25, 0.3) is 5.69 Å². The predicted octanol–water partition coefficient (Wildman–Crippen LogP) is 5.90. The molecule has 5 nitrogen and oxygen atoms in total. The predicted molar refractivity (Wildman–Crippen MR) is 135 cm³/mol. The molecule has 0 spiro atoms. The minimum absolute atomic E-state index is 0.522. The van der Waals surface area contributed by atoms with Crippen molar-refractivity contribution in [2.75, 3.05) is 0 Å². The molecule has 5 heteroatoms. The second-order valence-electron chi connectivity index (χ2n) is 9.77. The first kappa shape index (κ1) is 21.9. The van der Waals surface area contributed by atoms with E-state index in [9.17, 15) is 5.11 Å². The van der Waals surface area contributed by atoms with Crippen LogP contribution >= 0.6 is 0 Å². The first-order valence-corrected chi connectivity index (χ1v) is 12.4. The first-order chi connectivity index (χ1) is 17.1. The van der Waals surface area contributed by atoms with E-state index in [0.717, 1.165) is 53.1 Å². The van der Waals surface area contributed by atoms with Gasteiger partial charge in [-0.15, -0.1) is 0 Å². The molecule has 1 aliphatic heterocycles. The van der Waals surface area contributed by atoms with E-state index in [1.165, 1.54) is 0 Å². The van der Waals surface area contributed by atoms with Crippen molar-refractivity contribution >= 4 is 0 Å². The van der Waals surface area contributed by atoms with Gasteiger partial charge in [-0.25, -0.2) is 4.68 Å². The molecule has 1 fully saturated rings. The van der Waals surface area contributed by atoms with Crippen molar-refractivity contribution in [3.8, 4) is 17.3 Å². The summed E-state index contributed by atoms with van der Waals surface area (Å²) in [6.07, 6.45) is 4.14. The molecule has 6 rings (SSSR count). The van der Waals surface area contributed by atoms with Gasteiger partial charge in [-0.3, -0.25) is 0 Å². The second kappa shape index (κ2) is 8.58. The van der Waals surface area contributed by atoms with Crippen molar-refractivity contribution in [3.63, 3.8) is 0 Å². The van der Waals surface area contributed by atoms with Gasteiger partial charge in [0.2, 0.25) is 11.7 Å². The third-order valence-corrected chi connectivity index (χ3v) is 7.65. The molecule has 0 unspecified atom stereocenters. The average molecular weight is 467 g/mol. The summed E-state index contributed by atoms with van der Waals surface area (Å²) in [7, 11) is 0. The Labute approximate surface area is 206 Å². The van der Waals surface area contributed by atoms with Crippen LogP contribution in [0.3, 0.4) is 0 Å². The summed E-state index contributed by atoms with van der Waals surface area (Å²) in [4.78, 5) is 0. The number of hydrogen-bond donors (Lipinski definition) is 1. The fourth-order valence-corrected chi connectivity index (χ4v) is 5.74. The van der Waals surface area contributed by atoms with Crippen LogP contribution in [-0.2, 0) is 18.4 Å². The minimum Gasteiger partial charge on any atom is -0.489 e. The van der Waals surface area contributed by atoms with Gasteiger partial charge in [0.05, 0.1) is 16.8 Å². The van der Waals surface area contributed by atoms with Crippen LogP contribution < -0.4 is 9.47 Å². The van der Waals surface area contributed by atoms with E-state index in [2.05, 4.69) is 24.3 Å².